The van der Waals surface area contributed by atoms with E-state index in [2.05, 4.69) is 5.32 Å². The molecule has 3 rings (SSSR count). The molecule has 0 bridgehead atoms. The van der Waals surface area contributed by atoms with Gasteiger partial charge in [0.15, 0.2) is 0 Å². The number of para-hydroxylation sites is 1. The van der Waals surface area contributed by atoms with E-state index in [1.807, 2.05) is 0 Å². The number of anilines is 1. The third-order valence-electron chi connectivity index (χ3n) is 3.33. The lowest BCUT2D eigenvalue weighted by Gasteiger charge is -2.10. The number of carbonyl (C=O) groups is 2. The summed E-state index contributed by atoms with van der Waals surface area (Å²) in [6.45, 7) is -0.561. The molecule has 5 nitrogen and oxygen atoms in total. The van der Waals surface area contributed by atoms with E-state index in [0.717, 1.165) is 0 Å². The van der Waals surface area contributed by atoms with Gasteiger partial charge in [-0.2, -0.15) is 0 Å². The van der Waals surface area contributed by atoms with E-state index >= 15 is 0 Å². The van der Waals surface area contributed by atoms with Crippen molar-refractivity contribution < 1.29 is 19.4 Å². The van der Waals surface area contributed by atoms with Crippen LogP contribution in [0.1, 0.15) is 11.1 Å². The van der Waals surface area contributed by atoms with E-state index in [4.69, 9.17) is 16.3 Å². The standard InChI is InChI=1S/C17H12ClNO4/c18-11-5-6-14-12(8-11)13(17(22)19-14)7-10-3-1-2-4-15(10)23-9-16(20)21/h1-8H,9H2,(H,19,22)(H,20,21)/p-1/b13-7-. The largest absolute Gasteiger partial charge is 0.546 e. The van der Waals surface area contributed by atoms with Gasteiger partial charge in [0.25, 0.3) is 5.91 Å². The van der Waals surface area contributed by atoms with Crippen LogP contribution < -0.4 is 15.2 Å². The lowest BCUT2D eigenvalue weighted by molar-refractivity contribution is -0.307. The number of benzene rings is 2. The highest BCUT2D eigenvalue weighted by molar-refractivity contribution is 6.36. The Balaban J connectivity index is 2.01. The number of amides is 1. The van der Waals surface area contributed by atoms with Gasteiger partial charge in [0, 0.05) is 27.4 Å². The number of hydrogen-bond acceptors (Lipinski definition) is 4. The van der Waals surface area contributed by atoms with Crippen LogP contribution in [0.5, 0.6) is 5.75 Å². The van der Waals surface area contributed by atoms with E-state index < -0.39 is 12.6 Å². The Kier molecular flexibility index (Phi) is 4.04. The Hall–Kier alpha value is -2.79. The lowest BCUT2D eigenvalue weighted by Crippen LogP contribution is -2.29. The summed E-state index contributed by atoms with van der Waals surface area (Å²) in [5, 5.41) is 13.8. The monoisotopic (exact) mass is 328 g/mol. The number of ether oxygens (including phenoxy) is 1. The van der Waals surface area contributed by atoms with E-state index in [-0.39, 0.29) is 5.91 Å². The molecule has 0 radical (unpaired) electrons. The van der Waals surface area contributed by atoms with Gasteiger partial charge in [0.2, 0.25) is 0 Å². The summed E-state index contributed by atoms with van der Waals surface area (Å²) in [4.78, 5) is 22.7. The van der Waals surface area contributed by atoms with Crippen molar-refractivity contribution in [3.8, 4) is 5.75 Å². The Morgan fingerprint density at radius 2 is 2.04 bits per heavy atom. The number of aliphatic carboxylic acids is 1. The molecule has 0 unspecified atom stereocenters. The molecule has 0 fully saturated rings. The van der Waals surface area contributed by atoms with Gasteiger partial charge in [-0.1, -0.05) is 29.8 Å². The Labute approximate surface area is 137 Å². The Morgan fingerprint density at radius 1 is 1.26 bits per heavy atom. The van der Waals surface area contributed by atoms with Crippen LogP contribution in [0.15, 0.2) is 42.5 Å². The predicted molar refractivity (Wildman–Crippen MR) is 84.9 cm³/mol. The van der Waals surface area contributed by atoms with Crippen molar-refractivity contribution in [2.75, 3.05) is 11.9 Å². The normalized spacial score (nSPS) is 14.5. The molecule has 1 aliphatic heterocycles. The molecule has 1 N–H and O–H groups in total. The molecule has 1 heterocycles. The molecule has 6 heteroatoms. The third-order valence-corrected chi connectivity index (χ3v) is 3.56. The van der Waals surface area contributed by atoms with Crippen molar-refractivity contribution in [1.29, 1.82) is 0 Å². The van der Waals surface area contributed by atoms with Gasteiger partial charge in [0.05, 0.1) is 5.97 Å². The molecule has 116 valence electrons. The lowest BCUT2D eigenvalue weighted by atomic mass is 10.0. The minimum absolute atomic E-state index is 0.253. The van der Waals surface area contributed by atoms with E-state index in [1.54, 1.807) is 48.5 Å². The SMILES string of the molecule is O=C([O-])COc1ccccc1/C=C1\C(=O)Nc2ccc(Cl)cc21. The Bertz CT molecular complexity index is 829. The number of carboxylic acid groups (broad SMARTS) is 1. The number of rotatable bonds is 4. The van der Waals surface area contributed by atoms with Gasteiger partial charge in [-0.25, -0.2) is 0 Å². The number of hydrogen-bond donors (Lipinski definition) is 1. The number of fused-ring (bicyclic) bond motifs is 1. The van der Waals surface area contributed by atoms with Gasteiger partial charge in [-0.05, 0) is 30.3 Å². The molecule has 2 aromatic rings. The zero-order valence-electron chi connectivity index (χ0n) is 11.8. The van der Waals surface area contributed by atoms with Crippen molar-refractivity contribution >= 4 is 40.8 Å². The Morgan fingerprint density at radius 3 is 2.83 bits per heavy atom. The van der Waals surface area contributed by atoms with Gasteiger partial charge in [0.1, 0.15) is 12.4 Å². The van der Waals surface area contributed by atoms with Crippen molar-refractivity contribution in [1.82, 2.24) is 0 Å². The van der Waals surface area contributed by atoms with Crippen LogP contribution in [-0.4, -0.2) is 18.5 Å². The fourth-order valence-electron chi connectivity index (χ4n) is 2.33. The molecule has 2 aromatic carbocycles. The average molecular weight is 329 g/mol. The summed E-state index contributed by atoms with van der Waals surface area (Å²) in [5.74, 6) is -1.22. The third kappa shape index (κ3) is 3.19. The van der Waals surface area contributed by atoms with Crippen LogP contribution in [0.2, 0.25) is 5.02 Å². The summed E-state index contributed by atoms with van der Waals surface area (Å²) < 4.78 is 5.19. The first-order chi connectivity index (χ1) is 11.0. The molecule has 0 saturated heterocycles. The van der Waals surface area contributed by atoms with Crippen LogP contribution in [-0.2, 0) is 9.59 Å². The summed E-state index contributed by atoms with van der Waals surface area (Å²) in [5.41, 5.74) is 2.40. The molecular formula is C17H11ClNO4-. The first-order valence-corrected chi connectivity index (χ1v) is 7.17. The maximum absolute atomic E-state index is 12.2. The highest BCUT2D eigenvalue weighted by atomic mass is 35.5. The second-order valence-corrected chi connectivity index (χ2v) is 5.34. The molecule has 23 heavy (non-hydrogen) atoms. The van der Waals surface area contributed by atoms with Crippen molar-refractivity contribution in [2.45, 2.75) is 0 Å². The van der Waals surface area contributed by atoms with E-state index in [9.17, 15) is 14.7 Å². The fourth-order valence-corrected chi connectivity index (χ4v) is 2.50. The zero-order valence-corrected chi connectivity index (χ0v) is 12.6. The highest BCUT2D eigenvalue weighted by Gasteiger charge is 2.24. The summed E-state index contributed by atoms with van der Waals surface area (Å²) in [7, 11) is 0. The number of carboxylic acids is 1. The number of carbonyl (C=O) groups excluding carboxylic acids is 2. The fraction of sp³-hybridized carbons (Fsp3) is 0.0588. The second-order valence-electron chi connectivity index (χ2n) is 4.90. The van der Waals surface area contributed by atoms with E-state index in [1.165, 1.54) is 0 Å². The van der Waals surface area contributed by atoms with Crippen LogP contribution in [0.4, 0.5) is 5.69 Å². The molecule has 1 amide bonds. The molecule has 0 aromatic heterocycles. The maximum atomic E-state index is 12.2. The van der Waals surface area contributed by atoms with Crippen LogP contribution >= 0.6 is 11.6 Å². The van der Waals surface area contributed by atoms with Gasteiger partial charge < -0.3 is 20.0 Å². The first-order valence-electron chi connectivity index (χ1n) is 6.79. The summed E-state index contributed by atoms with van der Waals surface area (Å²) >= 11 is 5.99. The number of halogens is 1. The van der Waals surface area contributed by atoms with Gasteiger partial charge in [-0.3, -0.25) is 4.79 Å². The minimum atomic E-state index is -1.32. The first kappa shape index (κ1) is 15.1. The smallest absolute Gasteiger partial charge is 0.256 e. The maximum Gasteiger partial charge on any atom is 0.256 e. The van der Waals surface area contributed by atoms with Crippen molar-refractivity contribution in [3.63, 3.8) is 0 Å². The molecule has 1 aliphatic rings. The summed E-state index contributed by atoms with van der Waals surface area (Å²) in [6.07, 6.45) is 1.64. The summed E-state index contributed by atoms with van der Waals surface area (Å²) in [6, 6.07) is 12.0. The van der Waals surface area contributed by atoms with Crippen LogP contribution in [0.3, 0.4) is 0 Å². The second kappa shape index (κ2) is 6.14. The van der Waals surface area contributed by atoms with Gasteiger partial charge >= 0.3 is 0 Å². The van der Waals surface area contributed by atoms with Gasteiger partial charge in [-0.15, -0.1) is 0 Å². The van der Waals surface area contributed by atoms with Crippen LogP contribution in [0, 0.1) is 0 Å². The quantitative estimate of drug-likeness (QED) is 0.870. The molecular weight excluding hydrogens is 318 g/mol. The minimum Gasteiger partial charge on any atom is -0.546 e. The zero-order chi connectivity index (χ0) is 16.4. The van der Waals surface area contributed by atoms with Crippen LogP contribution in [0.25, 0.3) is 11.6 Å². The average Bonchev–Trinajstić information content (AvgIpc) is 2.82. The molecule has 0 spiro atoms. The van der Waals surface area contributed by atoms with Crippen molar-refractivity contribution in [3.05, 3.63) is 58.6 Å². The highest BCUT2D eigenvalue weighted by Crippen LogP contribution is 2.36. The predicted octanol–water partition coefficient (Wildman–Crippen LogP) is 1.96. The molecule has 0 saturated carbocycles. The molecule has 0 atom stereocenters. The number of nitrogens with one attached hydrogen (secondary N) is 1. The topological polar surface area (TPSA) is 78.5 Å². The molecule has 0 aliphatic carbocycles. The van der Waals surface area contributed by atoms with E-state index in [0.29, 0.717) is 33.2 Å². The van der Waals surface area contributed by atoms with Crippen molar-refractivity contribution in [2.24, 2.45) is 0 Å².